The van der Waals surface area contributed by atoms with Crippen LogP contribution in [0.5, 0.6) is 11.5 Å². The number of fused-ring (bicyclic) bond motifs is 2. The van der Waals surface area contributed by atoms with Gasteiger partial charge in [0.1, 0.15) is 0 Å². The summed E-state index contributed by atoms with van der Waals surface area (Å²) in [6, 6.07) is 13.9. The average molecular weight is 364 g/mol. The van der Waals surface area contributed by atoms with Gasteiger partial charge < -0.3 is 19.3 Å². The molecule has 0 saturated heterocycles. The number of carbonyl (C=O) groups excluding carboxylic acids is 1. The van der Waals surface area contributed by atoms with Gasteiger partial charge in [-0.2, -0.15) is 0 Å². The Bertz CT molecular complexity index is 876. The van der Waals surface area contributed by atoms with E-state index >= 15 is 0 Å². The molecule has 4 rings (SSSR count). The highest BCUT2D eigenvalue weighted by Gasteiger charge is 2.27. The standard InChI is InChI=1S/C22H24N2O3/c1-23(2)13-17-11-18-5-3-4-6-19(18)24(14-17)22(25)10-8-16-7-9-20-21(12-16)27-15-26-20/h3-10,12,17H,11,13-15H2,1-2H3. The Balaban J connectivity index is 1.54. The molecule has 0 spiro atoms. The number of para-hydroxylation sites is 1. The summed E-state index contributed by atoms with van der Waals surface area (Å²) >= 11 is 0. The Morgan fingerprint density at radius 3 is 2.85 bits per heavy atom. The number of benzene rings is 2. The minimum absolute atomic E-state index is 0.00331. The number of anilines is 1. The van der Waals surface area contributed by atoms with E-state index in [1.54, 1.807) is 6.08 Å². The van der Waals surface area contributed by atoms with E-state index < -0.39 is 0 Å². The third kappa shape index (κ3) is 3.83. The summed E-state index contributed by atoms with van der Waals surface area (Å²) in [5.41, 5.74) is 3.18. The van der Waals surface area contributed by atoms with Gasteiger partial charge in [0.05, 0.1) is 0 Å². The summed E-state index contributed by atoms with van der Waals surface area (Å²) in [6.45, 7) is 1.95. The Morgan fingerprint density at radius 1 is 1.19 bits per heavy atom. The van der Waals surface area contributed by atoms with Gasteiger partial charge in [0, 0.05) is 24.9 Å². The quantitative estimate of drug-likeness (QED) is 0.782. The molecule has 0 bridgehead atoms. The van der Waals surface area contributed by atoms with E-state index in [0.29, 0.717) is 5.92 Å². The fraction of sp³-hybridized carbons (Fsp3) is 0.318. The molecule has 0 fully saturated rings. The van der Waals surface area contributed by atoms with Crippen LogP contribution in [-0.2, 0) is 11.2 Å². The molecule has 0 saturated carbocycles. The van der Waals surface area contributed by atoms with Gasteiger partial charge >= 0.3 is 0 Å². The highest BCUT2D eigenvalue weighted by Crippen LogP contribution is 2.33. The average Bonchev–Trinajstić information content (AvgIpc) is 3.12. The second-order valence-electron chi connectivity index (χ2n) is 7.36. The lowest BCUT2D eigenvalue weighted by Gasteiger charge is -2.35. The number of hydrogen-bond donors (Lipinski definition) is 0. The molecule has 0 N–H and O–H groups in total. The number of amides is 1. The molecule has 140 valence electrons. The maximum atomic E-state index is 13.0. The minimum atomic E-state index is 0.00331. The van der Waals surface area contributed by atoms with E-state index in [1.165, 1.54) is 5.56 Å². The first-order valence-electron chi connectivity index (χ1n) is 9.22. The summed E-state index contributed by atoms with van der Waals surface area (Å²) in [5, 5.41) is 0. The van der Waals surface area contributed by atoms with Crippen molar-refractivity contribution < 1.29 is 14.3 Å². The van der Waals surface area contributed by atoms with Crippen molar-refractivity contribution in [3.63, 3.8) is 0 Å². The van der Waals surface area contributed by atoms with Crippen LogP contribution in [0.4, 0.5) is 5.69 Å². The van der Waals surface area contributed by atoms with Crippen molar-refractivity contribution in [3.05, 3.63) is 59.7 Å². The van der Waals surface area contributed by atoms with Gasteiger partial charge in [-0.05, 0) is 61.8 Å². The summed E-state index contributed by atoms with van der Waals surface area (Å²) in [7, 11) is 4.15. The van der Waals surface area contributed by atoms with Gasteiger partial charge in [0.2, 0.25) is 6.79 Å². The molecule has 2 aliphatic heterocycles. The summed E-state index contributed by atoms with van der Waals surface area (Å²) < 4.78 is 10.7. The van der Waals surface area contributed by atoms with E-state index in [0.717, 1.165) is 42.3 Å². The lowest BCUT2D eigenvalue weighted by Crippen LogP contribution is -2.42. The molecule has 1 amide bonds. The van der Waals surface area contributed by atoms with Crippen LogP contribution < -0.4 is 14.4 Å². The lowest BCUT2D eigenvalue weighted by atomic mass is 9.92. The van der Waals surface area contributed by atoms with Crippen LogP contribution in [0.25, 0.3) is 6.08 Å². The molecule has 5 nitrogen and oxygen atoms in total. The van der Waals surface area contributed by atoms with Crippen LogP contribution in [0, 0.1) is 5.92 Å². The van der Waals surface area contributed by atoms with E-state index in [-0.39, 0.29) is 12.7 Å². The van der Waals surface area contributed by atoms with Crippen molar-refractivity contribution in [3.8, 4) is 11.5 Å². The van der Waals surface area contributed by atoms with Gasteiger partial charge in [0.25, 0.3) is 5.91 Å². The normalized spacial score (nSPS) is 18.2. The van der Waals surface area contributed by atoms with Gasteiger partial charge in [-0.3, -0.25) is 4.79 Å². The Morgan fingerprint density at radius 2 is 2.00 bits per heavy atom. The molecular weight excluding hydrogens is 340 g/mol. The monoisotopic (exact) mass is 364 g/mol. The molecule has 5 heteroatoms. The Labute approximate surface area is 159 Å². The van der Waals surface area contributed by atoms with Crippen molar-refractivity contribution in [2.24, 2.45) is 5.92 Å². The lowest BCUT2D eigenvalue weighted by molar-refractivity contribution is -0.114. The molecule has 27 heavy (non-hydrogen) atoms. The van der Waals surface area contributed by atoms with Gasteiger partial charge in [-0.15, -0.1) is 0 Å². The van der Waals surface area contributed by atoms with E-state index in [4.69, 9.17) is 9.47 Å². The number of carbonyl (C=O) groups is 1. The number of hydrogen-bond acceptors (Lipinski definition) is 4. The molecule has 0 aromatic heterocycles. The first-order chi connectivity index (χ1) is 13.1. The third-order valence-corrected chi connectivity index (χ3v) is 4.94. The zero-order valence-electron chi connectivity index (χ0n) is 15.7. The second kappa shape index (κ2) is 7.45. The fourth-order valence-electron chi connectivity index (χ4n) is 3.80. The van der Waals surface area contributed by atoms with E-state index in [1.807, 2.05) is 47.4 Å². The summed E-state index contributed by atoms with van der Waals surface area (Å²) in [4.78, 5) is 17.1. The molecule has 2 aromatic carbocycles. The SMILES string of the molecule is CN(C)CC1Cc2ccccc2N(C(=O)C=Cc2ccc3c(c2)OCO3)C1. The van der Waals surface area contributed by atoms with Crippen molar-refractivity contribution in [2.45, 2.75) is 6.42 Å². The first kappa shape index (κ1) is 17.6. The van der Waals surface area contributed by atoms with E-state index in [2.05, 4.69) is 25.1 Å². The molecule has 0 aliphatic carbocycles. The maximum absolute atomic E-state index is 13.0. The van der Waals surface area contributed by atoms with E-state index in [9.17, 15) is 4.79 Å². The largest absolute Gasteiger partial charge is 0.454 e. The second-order valence-corrected chi connectivity index (χ2v) is 7.36. The Hall–Kier alpha value is -2.79. The first-order valence-corrected chi connectivity index (χ1v) is 9.22. The van der Waals surface area contributed by atoms with Crippen LogP contribution in [0.2, 0.25) is 0 Å². The third-order valence-electron chi connectivity index (χ3n) is 4.94. The van der Waals surface area contributed by atoms with Gasteiger partial charge in [-0.1, -0.05) is 24.3 Å². The molecule has 2 aromatic rings. The van der Waals surface area contributed by atoms with Crippen LogP contribution in [0.1, 0.15) is 11.1 Å². The minimum Gasteiger partial charge on any atom is -0.454 e. The molecule has 1 atom stereocenters. The zero-order chi connectivity index (χ0) is 18.8. The van der Waals surface area contributed by atoms with Crippen molar-refractivity contribution in [1.82, 2.24) is 4.90 Å². The number of ether oxygens (including phenoxy) is 2. The smallest absolute Gasteiger partial charge is 0.251 e. The van der Waals surface area contributed by atoms with Crippen LogP contribution in [0.3, 0.4) is 0 Å². The summed E-state index contributed by atoms with van der Waals surface area (Å²) in [6.07, 6.45) is 4.48. The number of nitrogens with zero attached hydrogens (tertiary/aromatic N) is 2. The molecule has 2 heterocycles. The van der Waals surface area contributed by atoms with Crippen molar-refractivity contribution in [2.75, 3.05) is 38.9 Å². The predicted octanol–water partition coefficient (Wildman–Crippen LogP) is 3.20. The summed E-state index contributed by atoms with van der Waals surface area (Å²) in [5.74, 6) is 1.90. The Kier molecular flexibility index (Phi) is 4.86. The highest BCUT2D eigenvalue weighted by molar-refractivity contribution is 6.04. The van der Waals surface area contributed by atoms with Gasteiger partial charge in [-0.25, -0.2) is 0 Å². The van der Waals surface area contributed by atoms with Gasteiger partial charge in [0.15, 0.2) is 11.5 Å². The maximum Gasteiger partial charge on any atom is 0.251 e. The van der Waals surface area contributed by atoms with Crippen LogP contribution in [0.15, 0.2) is 48.5 Å². The molecule has 0 radical (unpaired) electrons. The van der Waals surface area contributed by atoms with Crippen LogP contribution in [-0.4, -0.2) is 44.8 Å². The topological polar surface area (TPSA) is 42.0 Å². The van der Waals surface area contributed by atoms with Crippen molar-refractivity contribution in [1.29, 1.82) is 0 Å². The van der Waals surface area contributed by atoms with Crippen molar-refractivity contribution >= 4 is 17.7 Å². The van der Waals surface area contributed by atoms with Crippen LogP contribution >= 0.6 is 0 Å². The predicted molar refractivity (Wildman–Crippen MR) is 106 cm³/mol. The molecular formula is C22H24N2O3. The molecule has 1 unspecified atom stereocenters. The molecule has 2 aliphatic rings. The fourth-order valence-corrected chi connectivity index (χ4v) is 3.80. The highest BCUT2D eigenvalue weighted by atomic mass is 16.7. The zero-order valence-corrected chi connectivity index (χ0v) is 15.7. The number of rotatable bonds is 4.